The van der Waals surface area contributed by atoms with E-state index in [1.54, 1.807) is 0 Å². The van der Waals surface area contributed by atoms with Gasteiger partial charge in [-0.3, -0.25) is 4.68 Å². The zero-order valence-electron chi connectivity index (χ0n) is 7.82. The first kappa shape index (κ1) is 8.10. The quantitative estimate of drug-likeness (QED) is 0.699. The molecule has 68 valence electrons. The molecule has 0 spiro atoms. The second-order valence-electron chi connectivity index (χ2n) is 2.90. The van der Waals surface area contributed by atoms with Crippen molar-refractivity contribution < 1.29 is 4.74 Å². The summed E-state index contributed by atoms with van der Waals surface area (Å²) in [4.78, 5) is 0. The first-order valence-electron chi connectivity index (χ1n) is 4.36. The lowest BCUT2D eigenvalue weighted by molar-refractivity contribution is 0.342. The second kappa shape index (κ2) is 3.09. The summed E-state index contributed by atoms with van der Waals surface area (Å²) in [6.45, 7) is 2.67. The molecule has 13 heavy (non-hydrogen) atoms. The molecule has 0 aliphatic rings. The Balaban J connectivity index is 2.65. The fraction of sp³-hybridized carbons (Fsp3) is 0.300. The van der Waals surface area contributed by atoms with E-state index in [1.165, 1.54) is 0 Å². The Labute approximate surface area is 76.9 Å². The molecule has 0 fully saturated rings. The van der Waals surface area contributed by atoms with E-state index >= 15 is 0 Å². The van der Waals surface area contributed by atoms with Crippen LogP contribution in [0.4, 0.5) is 0 Å². The number of rotatable bonds is 2. The molecule has 0 aliphatic carbocycles. The second-order valence-corrected chi connectivity index (χ2v) is 2.90. The summed E-state index contributed by atoms with van der Waals surface area (Å²) < 4.78 is 7.33. The zero-order valence-corrected chi connectivity index (χ0v) is 7.82. The van der Waals surface area contributed by atoms with Gasteiger partial charge in [0.25, 0.3) is 0 Å². The van der Waals surface area contributed by atoms with Crippen LogP contribution in [0.1, 0.15) is 6.92 Å². The molecule has 0 N–H and O–H groups in total. The number of aromatic nitrogens is 2. The molecule has 0 atom stereocenters. The van der Waals surface area contributed by atoms with Crippen molar-refractivity contribution in [1.82, 2.24) is 9.78 Å². The van der Waals surface area contributed by atoms with Crippen LogP contribution < -0.4 is 4.74 Å². The standard InChI is InChI=1S/C10H12N2O/c1-3-13-9-6-4-5-8-7-11-12(2)10(8)9/h4-7H,3H2,1-2H3. The lowest BCUT2D eigenvalue weighted by Crippen LogP contribution is -1.96. The number of benzene rings is 1. The van der Waals surface area contributed by atoms with Crippen molar-refractivity contribution in [2.75, 3.05) is 6.61 Å². The van der Waals surface area contributed by atoms with Gasteiger partial charge in [-0.2, -0.15) is 5.10 Å². The Morgan fingerprint density at radius 2 is 2.31 bits per heavy atom. The number of hydrogen-bond donors (Lipinski definition) is 0. The minimum atomic E-state index is 0.685. The Bertz CT molecular complexity index is 420. The monoisotopic (exact) mass is 176 g/mol. The molecule has 0 aliphatic heterocycles. The number of ether oxygens (including phenoxy) is 1. The number of hydrogen-bond acceptors (Lipinski definition) is 2. The van der Waals surface area contributed by atoms with Crippen molar-refractivity contribution in [1.29, 1.82) is 0 Å². The van der Waals surface area contributed by atoms with E-state index in [4.69, 9.17) is 4.74 Å². The van der Waals surface area contributed by atoms with E-state index in [9.17, 15) is 0 Å². The van der Waals surface area contributed by atoms with E-state index in [0.29, 0.717) is 6.61 Å². The Morgan fingerprint density at radius 1 is 1.46 bits per heavy atom. The molecular weight excluding hydrogens is 164 g/mol. The maximum absolute atomic E-state index is 5.50. The molecule has 1 heterocycles. The van der Waals surface area contributed by atoms with Gasteiger partial charge in [-0.1, -0.05) is 12.1 Å². The third-order valence-electron chi connectivity index (χ3n) is 2.02. The molecule has 3 heteroatoms. The van der Waals surface area contributed by atoms with Crippen molar-refractivity contribution in [3.05, 3.63) is 24.4 Å². The van der Waals surface area contributed by atoms with Gasteiger partial charge in [0.05, 0.1) is 12.8 Å². The van der Waals surface area contributed by atoms with Crippen LogP contribution in [0.5, 0.6) is 5.75 Å². The maximum Gasteiger partial charge on any atom is 0.145 e. The predicted octanol–water partition coefficient (Wildman–Crippen LogP) is 1.97. The van der Waals surface area contributed by atoms with Gasteiger partial charge in [-0.25, -0.2) is 0 Å². The molecule has 2 aromatic rings. The summed E-state index contributed by atoms with van der Waals surface area (Å²) in [7, 11) is 1.92. The average molecular weight is 176 g/mol. The number of aryl methyl sites for hydroxylation is 1. The van der Waals surface area contributed by atoms with Crippen molar-refractivity contribution >= 4 is 10.9 Å². The first-order chi connectivity index (χ1) is 6.33. The molecule has 0 amide bonds. The molecule has 1 aromatic carbocycles. The molecule has 0 radical (unpaired) electrons. The highest BCUT2D eigenvalue weighted by Gasteiger charge is 2.04. The van der Waals surface area contributed by atoms with Gasteiger partial charge >= 0.3 is 0 Å². The highest BCUT2D eigenvalue weighted by molar-refractivity contribution is 5.84. The van der Waals surface area contributed by atoms with Crippen molar-refractivity contribution in [2.24, 2.45) is 7.05 Å². The minimum Gasteiger partial charge on any atom is -0.492 e. The van der Waals surface area contributed by atoms with E-state index in [0.717, 1.165) is 16.7 Å². The molecular formula is C10H12N2O. The molecule has 0 unspecified atom stereocenters. The lowest BCUT2D eigenvalue weighted by Gasteiger charge is -2.04. The predicted molar refractivity (Wildman–Crippen MR) is 51.9 cm³/mol. The van der Waals surface area contributed by atoms with Crippen molar-refractivity contribution in [3.8, 4) is 5.75 Å². The smallest absolute Gasteiger partial charge is 0.145 e. The van der Waals surface area contributed by atoms with Crippen LogP contribution in [0.2, 0.25) is 0 Å². The fourth-order valence-corrected chi connectivity index (χ4v) is 1.47. The summed E-state index contributed by atoms with van der Waals surface area (Å²) in [5.74, 6) is 0.903. The molecule has 1 aromatic heterocycles. The van der Waals surface area contributed by atoms with Crippen LogP contribution in [0.15, 0.2) is 24.4 Å². The normalized spacial score (nSPS) is 10.6. The molecule has 0 saturated carbocycles. The van der Waals surface area contributed by atoms with Gasteiger partial charge in [-0.05, 0) is 13.0 Å². The van der Waals surface area contributed by atoms with E-state index in [-0.39, 0.29) is 0 Å². The van der Waals surface area contributed by atoms with E-state index in [2.05, 4.69) is 5.10 Å². The van der Waals surface area contributed by atoms with Gasteiger partial charge in [0.1, 0.15) is 11.3 Å². The van der Waals surface area contributed by atoms with Gasteiger partial charge in [0.2, 0.25) is 0 Å². The number of fused-ring (bicyclic) bond motifs is 1. The summed E-state index contributed by atoms with van der Waals surface area (Å²) in [6, 6.07) is 5.98. The Kier molecular flexibility index (Phi) is 1.93. The van der Waals surface area contributed by atoms with Gasteiger partial charge in [-0.15, -0.1) is 0 Å². The summed E-state index contributed by atoms with van der Waals surface area (Å²) in [5.41, 5.74) is 1.06. The van der Waals surface area contributed by atoms with Crippen molar-refractivity contribution in [3.63, 3.8) is 0 Å². The van der Waals surface area contributed by atoms with Gasteiger partial charge in [0.15, 0.2) is 0 Å². The van der Waals surface area contributed by atoms with Crippen LogP contribution in [-0.4, -0.2) is 16.4 Å². The van der Waals surface area contributed by atoms with Gasteiger partial charge < -0.3 is 4.74 Å². The lowest BCUT2D eigenvalue weighted by atomic mass is 10.2. The highest BCUT2D eigenvalue weighted by Crippen LogP contribution is 2.24. The fourth-order valence-electron chi connectivity index (χ4n) is 1.47. The average Bonchev–Trinajstić information content (AvgIpc) is 2.50. The van der Waals surface area contributed by atoms with Crippen LogP contribution in [0.25, 0.3) is 10.9 Å². The third kappa shape index (κ3) is 1.26. The Hall–Kier alpha value is -1.51. The summed E-state index contributed by atoms with van der Waals surface area (Å²) in [5, 5.41) is 5.29. The molecule has 0 bridgehead atoms. The van der Waals surface area contributed by atoms with Crippen LogP contribution in [0, 0.1) is 0 Å². The van der Waals surface area contributed by atoms with Crippen LogP contribution in [0.3, 0.4) is 0 Å². The number of para-hydroxylation sites is 1. The summed E-state index contributed by atoms with van der Waals surface area (Å²) in [6.07, 6.45) is 1.85. The third-order valence-corrected chi connectivity index (χ3v) is 2.02. The largest absolute Gasteiger partial charge is 0.492 e. The maximum atomic E-state index is 5.50. The van der Waals surface area contributed by atoms with Gasteiger partial charge in [0, 0.05) is 12.4 Å². The Morgan fingerprint density at radius 3 is 3.08 bits per heavy atom. The topological polar surface area (TPSA) is 27.1 Å². The zero-order chi connectivity index (χ0) is 9.26. The van der Waals surface area contributed by atoms with Crippen LogP contribution in [-0.2, 0) is 7.05 Å². The number of nitrogens with zero attached hydrogens (tertiary/aromatic N) is 2. The van der Waals surface area contributed by atoms with E-state index < -0.39 is 0 Å². The first-order valence-corrected chi connectivity index (χ1v) is 4.36. The highest BCUT2D eigenvalue weighted by atomic mass is 16.5. The van der Waals surface area contributed by atoms with Crippen molar-refractivity contribution in [2.45, 2.75) is 6.92 Å². The SMILES string of the molecule is CCOc1cccc2cnn(C)c12. The van der Waals surface area contributed by atoms with Crippen LogP contribution >= 0.6 is 0 Å². The summed E-state index contributed by atoms with van der Waals surface area (Å²) >= 11 is 0. The molecule has 0 saturated heterocycles. The van der Waals surface area contributed by atoms with E-state index in [1.807, 2.05) is 43.0 Å². The molecule has 2 rings (SSSR count). The minimum absolute atomic E-state index is 0.685. The molecule has 3 nitrogen and oxygen atoms in total.